The van der Waals surface area contributed by atoms with Crippen LogP contribution in [0.15, 0.2) is 29.2 Å². The quantitative estimate of drug-likeness (QED) is 0.593. The number of thiophene rings is 1. The summed E-state index contributed by atoms with van der Waals surface area (Å²) in [6.07, 6.45) is 5.43. The summed E-state index contributed by atoms with van der Waals surface area (Å²) in [5.41, 5.74) is 0.519. The van der Waals surface area contributed by atoms with Gasteiger partial charge in [0.05, 0.1) is 0 Å². The summed E-state index contributed by atoms with van der Waals surface area (Å²) < 4.78 is 0. The Morgan fingerprint density at radius 1 is 1.60 bits per heavy atom. The molecule has 1 aromatic rings. The molecular weight excluding hydrogens is 208 g/mol. The lowest BCUT2D eigenvalue weighted by atomic mass is 10.1. The number of carbonyl (C=O) groups is 1. The fourth-order valence-electron chi connectivity index (χ4n) is 1.32. The molecule has 0 aliphatic carbocycles. The van der Waals surface area contributed by atoms with Gasteiger partial charge in [0.1, 0.15) is 0 Å². The Morgan fingerprint density at radius 2 is 2.40 bits per heavy atom. The van der Waals surface area contributed by atoms with Crippen molar-refractivity contribution in [1.82, 2.24) is 0 Å². The number of aliphatic carboxylic acids is 1. The maximum atomic E-state index is 11.0. The van der Waals surface area contributed by atoms with Gasteiger partial charge in [-0.05, 0) is 17.9 Å². The summed E-state index contributed by atoms with van der Waals surface area (Å²) >= 11 is 1.60. The predicted molar refractivity (Wildman–Crippen MR) is 63.3 cm³/mol. The molecule has 1 rings (SSSR count). The first kappa shape index (κ1) is 12.0. The first-order chi connectivity index (χ1) is 7.24. The van der Waals surface area contributed by atoms with E-state index in [1.54, 1.807) is 11.3 Å². The average molecular weight is 224 g/mol. The lowest BCUT2D eigenvalue weighted by Gasteiger charge is -2.00. The molecule has 82 valence electrons. The molecule has 0 radical (unpaired) electrons. The molecule has 0 spiro atoms. The Balaban J connectivity index is 2.58. The van der Waals surface area contributed by atoms with E-state index in [-0.39, 0.29) is 0 Å². The molecule has 1 aromatic heterocycles. The number of carboxylic acid groups (broad SMARTS) is 1. The number of allylic oxidation sites excluding steroid dienone is 1. The molecular formula is C12H16O2S. The van der Waals surface area contributed by atoms with E-state index >= 15 is 0 Å². The maximum Gasteiger partial charge on any atom is 0.331 e. The van der Waals surface area contributed by atoms with E-state index in [0.29, 0.717) is 12.0 Å². The summed E-state index contributed by atoms with van der Waals surface area (Å²) in [6, 6.07) is 3.92. The Hall–Kier alpha value is -1.09. The number of hydrogen-bond donors (Lipinski definition) is 1. The van der Waals surface area contributed by atoms with Crippen molar-refractivity contribution in [3.63, 3.8) is 0 Å². The van der Waals surface area contributed by atoms with Crippen LogP contribution in [0, 0.1) is 0 Å². The highest BCUT2D eigenvalue weighted by Gasteiger charge is 2.08. The molecule has 0 saturated heterocycles. The second kappa shape index (κ2) is 6.40. The average Bonchev–Trinajstić information content (AvgIpc) is 2.69. The minimum atomic E-state index is -0.792. The zero-order valence-electron chi connectivity index (χ0n) is 8.90. The van der Waals surface area contributed by atoms with E-state index < -0.39 is 5.97 Å². The van der Waals surface area contributed by atoms with E-state index in [1.807, 2.05) is 23.6 Å². The Morgan fingerprint density at radius 3 is 2.93 bits per heavy atom. The van der Waals surface area contributed by atoms with E-state index in [0.717, 1.165) is 24.1 Å². The van der Waals surface area contributed by atoms with Gasteiger partial charge in [-0.1, -0.05) is 31.9 Å². The molecule has 0 aliphatic heterocycles. The van der Waals surface area contributed by atoms with E-state index in [1.165, 1.54) is 0 Å². The molecule has 0 atom stereocenters. The second-order valence-corrected chi connectivity index (χ2v) is 4.47. The largest absolute Gasteiger partial charge is 0.478 e. The van der Waals surface area contributed by atoms with Crippen LogP contribution in [-0.4, -0.2) is 11.1 Å². The molecule has 0 saturated carbocycles. The molecule has 1 heterocycles. The molecule has 1 N–H and O–H groups in total. The fraction of sp³-hybridized carbons (Fsp3) is 0.417. The van der Waals surface area contributed by atoms with Crippen molar-refractivity contribution in [2.24, 2.45) is 0 Å². The van der Waals surface area contributed by atoms with Crippen LogP contribution in [0.1, 0.15) is 31.1 Å². The number of carboxylic acids is 1. The summed E-state index contributed by atoms with van der Waals surface area (Å²) in [5.74, 6) is -0.792. The van der Waals surface area contributed by atoms with Crippen LogP contribution in [0.25, 0.3) is 0 Å². The zero-order valence-corrected chi connectivity index (χ0v) is 9.72. The van der Waals surface area contributed by atoms with Crippen molar-refractivity contribution < 1.29 is 9.90 Å². The summed E-state index contributed by atoms with van der Waals surface area (Å²) in [7, 11) is 0. The molecule has 0 amide bonds. The number of rotatable bonds is 6. The van der Waals surface area contributed by atoms with Crippen LogP contribution in [0.2, 0.25) is 0 Å². The third-order valence-corrected chi connectivity index (χ3v) is 3.04. The Bertz CT molecular complexity index is 325. The van der Waals surface area contributed by atoms with Gasteiger partial charge in [-0.3, -0.25) is 0 Å². The van der Waals surface area contributed by atoms with Gasteiger partial charge >= 0.3 is 5.97 Å². The molecule has 0 unspecified atom stereocenters. The minimum absolute atomic E-state index is 0.519. The molecule has 15 heavy (non-hydrogen) atoms. The highest BCUT2D eigenvalue weighted by atomic mass is 32.1. The highest BCUT2D eigenvalue weighted by molar-refractivity contribution is 7.09. The van der Waals surface area contributed by atoms with Gasteiger partial charge < -0.3 is 5.11 Å². The molecule has 0 bridgehead atoms. The third kappa shape index (κ3) is 4.30. The van der Waals surface area contributed by atoms with Crippen molar-refractivity contribution in [3.05, 3.63) is 34.0 Å². The van der Waals surface area contributed by atoms with Gasteiger partial charge in [-0.25, -0.2) is 4.79 Å². The van der Waals surface area contributed by atoms with Crippen molar-refractivity contribution in [1.29, 1.82) is 0 Å². The first-order valence-corrected chi connectivity index (χ1v) is 6.06. The van der Waals surface area contributed by atoms with Crippen molar-refractivity contribution >= 4 is 17.3 Å². The van der Waals surface area contributed by atoms with Crippen LogP contribution in [0.4, 0.5) is 0 Å². The first-order valence-electron chi connectivity index (χ1n) is 5.18. The topological polar surface area (TPSA) is 37.3 Å². The Labute approximate surface area is 94.3 Å². The van der Waals surface area contributed by atoms with Gasteiger partial charge in [-0.15, -0.1) is 11.3 Å². The molecule has 2 nitrogen and oxygen atoms in total. The van der Waals surface area contributed by atoms with Gasteiger partial charge in [0.2, 0.25) is 0 Å². The van der Waals surface area contributed by atoms with Crippen molar-refractivity contribution in [2.45, 2.75) is 32.6 Å². The normalized spacial score (nSPS) is 11.7. The molecule has 0 aliphatic rings. The van der Waals surface area contributed by atoms with Crippen molar-refractivity contribution in [3.8, 4) is 0 Å². The van der Waals surface area contributed by atoms with Gasteiger partial charge in [0, 0.05) is 16.9 Å². The van der Waals surface area contributed by atoms with Gasteiger partial charge in [0.15, 0.2) is 0 Å². The Kier molecular flexibility index (Phi) is 5.12. The van der Waals surface area contributed by atoms with E-state index in [9.17, 15) is 4.79 Å². The fourth-order valence-corrected chi connectivity index (χ4v) is 2.04. The van der Waals surface area contributed by atoms with Crippen LogP contribution < -0.4 is 0 Å². The van der Waals surface area contributed by atoms with Gasteiger partial charge in [-0.2, -0.15) is 0 Å². The van der Waals surface area contributed by atoms with Gasteiger partial charge in [0.25, 0.3) is 0 Å². The number of unbranched alkanes of at least 4 members (excludes halogenated alkanes) is 2. The van der Waals surface area contributed by atoms with Crippen LogP contribution in [-0.2, 0) is 11.2 Å². The standard InChI is InChI=1S/C12H16O2S/c1-2-3-4-6-10(12(13)14)9-11-7-5-8-15-11/h5-8H,2-4,9H2,1H3,(H,13,14). The molecule has 3 heteroatoms. The zero-order chi connectivity index (χ0) is 11.1. The van der Waals surface area contributed by atoms with Crippen molar-refractivity contribution in [2.75, 3.05) is 0 Å². The predicted octanol–water partition coefficient (Wildman–Crippen LogP) is 3.49. The van der Waals surface area contributed by atoms with Crippen LogP contribution in [0.3, 0.4) is 0 Å². The SMILES string of the molecule is CCCCC=C(Cc1cccs1)C(=O)O. The summed E-state index contributed by atoms with van der Waals surface area (Å²) in [6.45, 7) is 2.10. The smallest absolute Gasteiger partial charge is 0.331 e. The monoisotopic (exact) mass is 224 g/mol. The lowest BCUT2D eigenvalue weighted by molar-refractivity contribution is -0.132. The van der Waals surface area contributed by atoms with Crippen LogP contribution >= 0.6 is 11.3 Å². The second-order valence-electron chi connectivity index (χ2n) is 3.43. The maximum absolute atomic E-state index is 11.0. The molecule has 0 fully saturated rings. The highest BCUT2D eigenvalue weighted by Crippen LogP contribution is 2.15. The third-order valence-electron chi connectivity index (χ3n) is 2.17. The lowest BCUT2D eigenvalue weighted by Crippen LogP contribution is -2.03. The number of hydrogen-bond acceptors (Lipinski definition) is 2. The van der Waals surface area contributed by atoms with Crippen LogP contribution in [0.5, 0.6) is 0 Å². The summed E-state index contributed by atoms with van der Waals surface area (Å²) in [5, 5.41) is 11.0. The molecule has 0 aromatic carbocycles. The van der Waals surface area contributed by atoms with E-state index in [2.05, 4.69) is 6.92 Å². The minimum Gasteiger partial charge on any atom is -0.478 e. The summed E-state index contributed by atoms with van der Waals surface area (Å²) in [4.78, 5) is 12.1. The van der Waals surface area contributed by atoms with E-state index in [4.69, 9.17) is 5.11 Å².